The zero-order chi connectivity index (χ0) is 22.9. The lowest BCUT2D eigenvalue weighted by atomic mass is 9.79. The number of hydrogen-bond donors (Lipinski definition) is 1. The lowest BCUT2D eigenvalue weighted by molar-refractivity contribution is 0.0469. The first-order valence-corrected chi connectivity index (χ1v) is 11.7. The number of carbonyl (C=O) groups is 1. The average molecular weight is 476 g/mol. The van der Waals surface area contributed by atoms with Crippen molar-refractivity contribution in [1.29, 1.82) is 0 Å². The Morgan fingerprint density at radius 1 is 1.25 bits per heavy atom. The molecule has 0 aromatic carbocycles. The molecule has 1 fully saturated rings. The van der Waals surface area contributed by atoms with Crippen molar-refractivity contribution < 1.29 is 14.3 Å². The number of pyridine rings is 1. The molecule has 1 saturated carbocycles. The van der Waals surface area contributed by atoms with Crippen LogP contribution in [0.5, 0.6) is 5.75 Å². The van der Waals surface area contributed by atoms with Gasteiger partial charge in [-0.2, -0.15) is 0 Å². The van der Waals surface area contributed by atoms with Crippen molar-refractivity contribution in [2.24, 2.45) is 0 Å². The molecule has 1 N–H and O–H groups in total. The predicted octanol–water partition coefficient (Wildman–Crippen LogP) is 5.21. The van der Waals surface area contributed by atoms with E-state index < -0.39 is 11.7 Å². The smallest absolute Gasteiger partial charge is 0.407 e. The molecule has 0 unspecified atom stereocenters. The van der Waals surface area contributed by atoms with Gasteiger partial charge in [0.1, 0.15) is 27.9 Å². The first kappa shape index (κ1) is 22.5. The summed E-state index contributed by atoms with van der Waals surface area (Å²) >= 11 is 7.67. The highest BCUT2D eigenvalue weighted by Crippen LogP contribution is 2.40. The van der Waals surface area contributed by atoms with Crippen molar-refractivity contribution in [1.82, 2.24) is 25.1 Å². The Kier molecular flexibility index (Phi) is 6.39. The lowest BCUT2D eigenvalue weighted by Gasteiger charge is -2.35. The van der Waals surface area contributed by atoms with Gasteiger partial charge in [0.15, 0.2) is 5.82 Å². The van der Waals surface area contributed by atoms with Gasteiger partial charge >= 0.3 is 6.09 Å². The van der Waals surface area contributed by atoms with Crippen LogP contribution in [0.1, 0.15) is 52.3 Å². The van der Waals surface area contributed by atoms with Gasteiger partial charge in [0.05, 0.1) is 17.1 Å². The maximum atomic E-state index is 12.1. The maximum absolute atomic E-state index is 12.1. The van der Waals surface area contributed by atoms with Crippen molar-refractivity contribution in [2.45, 2.75) is 58.1 Å². The van der Waals surface area contributed by atoms with E-state index in [1.807, 2.05) is 56.5 Å². The molecule has 10 heteroatoms. The number of nitrogens with one attached hydrogen (secondary N) is 1. The number of ether oxygens (including phenoxy) is 2. The van der Waals surface area contributed by atoms with Crippen LogP contribution in [0.25, 0.3) is 16.5 Å². The number of thiophene rings is 1. The first-order chi connectivity index (χ1) is 15.2. The molecule has 170 valence electrons. The molecule has 1 amide bonds. The SMILES string of the molecule is CCOc1ccc(-c2nnc(C3CC(NC(=O)OC(C)(C)C)C3)n2-c2ccc(Cl)s2)nc1. The maximum Gasteiger partial charge on any atom is 0.407 e. The summed E-state index contributed by atoms with van der Waals surface area (Å²) in [6, 6.07) is 7.59. The molecule has 4 rings (SSSR count). The Morgan fingerprint density at radius 2 is 2.03 bits per heavy atom. The summed E-state index contributed by atoms with van der Waals surface area (Å²) in [4.78, 5) is 16.6. The fourth-order valence-corrected chi connectivity index (χ4v) is 4.60. The lowest BCUT2D eigenvalue weighted by Crippen LogP contribution is -2.45. The minimum Gasteiger partial charge on any atom is -0.492 e. The Labute approximate surface area is 195 Å². The van der Waals surface area contributed by atoms with E-state index in [2.05, 4.69) is 20.5 Å². The van der Waals surface area contributed by atoms with Crippen LogP contribution >= 0.6 is 22.9 Å². The van der Waals surface area contributed by atoms with Gasteiger partial charge in [-0.05, 0) is 64.8 Å². The third kappa shape index (κ3) is 5.05. The molecule has 3 heterocycles. The quantitative estimate of drug-likeness (QED) is 0.526. The van der Waals surface area contributed by atoms with E-state index in [0.717, 1.165) is 23.7 Å². The van der Waals surface area contributed by atoms with Crippen LogP contribution < -0.4 is 10.1 Å². The Balaban J connectivity index is 1.55. The topological polar surface area (TPSA) is 91.2 Å². The zero-order valence-electron chi connectivity index (χ0n) is 18.5. The van der Waals surface area contributed by atoms with Gasteiger partial charge in [-0.1, -0.05) is 11.6 Å². The van der Waals surface area contributed by atoms with Crippen molar-refractivity contribution in [3.63, 3.8) is 0 Å². The summed E-state index contributed by atoms with van der Waals surface area (Å²) in [7, 11) is 0. The van der Waals surface area contributed by atoms with E-state index in [0.29, 0.717) is 28.2 Å². The second-order valence-electron chi connectivity index (χ2n) is 8.62. The van der Waals surface area contributed by atoms with Crippen molar-refractivity contribution >= 4 is 29.0 Å². The Bertz CT molecular complexity index is 1080. The largest absolute Gasteiger partial charge is 0.492 e. The highest BCUT2D eigenvalue weighted by Gasteiger charge is 2.37. The van der Waals surface area contributed by atoms with E-state index in [9.17, 15) is 4.79 Å². The zero-order valence-corrected chi connectivity index (χ0v) is 20.0. The van der Waals surface area contributed by atoms with E-state index in [1.54, 1.807) is 6.20 Å². The molecule has 0 bridgehead atoms. The highest BCUT2D eigenvalue weighted by atomic mass is 35.5. The third-order valence-corrected chi connectivity index (χ3v) is 6.18. The molecule has 0 atom stereocenters. The van der Waals surface area contributed by atoms with E-state index >= 15 is 0 Å². The van der Waals surface area contributed by atoms with Crippen molar-refractivity contribution in [3.05, 3.63) is 40.6 Å². The van der Waals surface area contributed by atoms with E-state index in [-0.39, 0.29) is 12.0 Å². The standard InChI is InChI=1S/C22H26ClN5O3S/c1-5-30-15-6-7-16(24-12-15)20-27-26-19(28(20)18-9-8-17(23)32-18)13-10-14(11-13)25-21(29)31-22(2,3)4/h6-9,12-14H,5,10-11H2,1-4H3,(H,25,29). The second kappa shape index (κ2) is 9.07. The summed E-state index contributed by atoms with van der Waals surface area (Å²) < 4.78 is 13.5. The normalized spacial score (nSPS) is 18.2. The number of halogens is 1. The number of aromatic nitrogens is 4. The van der Waals surface area contributed by atoms with Crippen molar-refractivity contribution in [3.8, 4) is 22.3 Å². The number of alkyl carbamates (subject to hydrolysis) is 1. The Hall–Kier alpha value is -2.65. The molecule has 0 spiro atoms. The van der Waals surface area contributed by atoms with Crippen LogP contribution in [0.3, 0.4) is 0 Å². The van der Waals surface area contributed by atoms with Crippen LogP contribution in [-0.2, 0) is 4.74 Å². The summed E-state index contributed by atoms with van der Waals surface area (Å²) in [5.41, 5.74) is 0.172. The molecular weight excluding hydrogens is 450 g/mol. The molecule has 0 saturated heterocycles. The fraction of sp³-hybridized carbons (Fsp3) is 0.455. The minimum atomic E-state index is -0.522. The molecule has 3 aromatic rings. The van der Waals surface area contributed by atoms with Crippen LogP contribution in [0.2, 0.25) is 4.34 Å². The molecule has 3 aromatic heterocycles. The van der Waals surface area contributed by atoms with E-state index in [1.165, 1.54) is 11.3 Å². The molecule has 1 aliphatic rings. The van der Waals surface area contributed by atoms with E-state index in [4.69, 9.17) is 21.1 Å². The first-order valence-electron chi connectivity index (χ1n) is 10.5. The molecule has 1 aliphatic carbocycles. The monoisotopic (exact) mass is 475 g/mol. The second-order valence-corrected chi connectivity index (χ2v) is 10.3. The number of carbonyl (C=O) groups excluding carboxylic acids is 1. The summed E-state index contributed by atoms with van der Waals surface area (Å²) in [6.45, 7) is 8.06. The highest BCUT2D eigenvalue weighted by molar-refractivity contribution is 7.18. The van der Waals surface area contributed by atoms with Gasteiger partial charge in [-0.15, -0.1) is 21.5 Å². The summed E-state index contributed by atoms with van der Waals surface area (Å²) in [6.07, 6.45) is 2.80. The van der Waals surface area contributed by atoms with Gasteiger partial charge in [0.2, 0.25) is 0 Å². The number of hydrogen-bond acceptors (Lipinski definition) is 7. The third-order valence-electron chi connectivity index (χ3n) is 4.97. The van der Waals surface area contributed by atoms with Gasteiger partial charge in [-0.25, -0.2) is 9.78 Å². The minimum absolute atomic E-state index is 0.0407. The number of rotatable bonds is 6. The Morgan fingerprint density at radius 3 is 2.62 bits per heavy atom. The molecule has 0 radical (unpaired) electrons. The van der Waals surface area contributed by atoms with Gasteiger partial charge < -0.3 is 14.8 Å². The fourth-order valence-electron chi connectivity index (χ4n) is 3.55. The summed E-state index contributed by atoms with van der Waals surface area (Å²) in [5, 5.41) is 12.8. The predicted molar refractivity (Wildman–Crippen MR) is 124 cm³/mol. The number of amides is 1. The van der Waals surface area contributed by atoms with Gasteiger partial charge in [0, 0.05) is 12.0 Å². The van der Waals surface area contributed by atoms with Crippen LogP contribution in [0.4, 0.5) is 4.79 Å². The van der Waals surface area contributed by atoms with Crippen LogP contribution in [0, 0.1) is 0 Å². The average Bonchev–Trinajstić information content (AvgIpc) is 3.30. The molecule has 0 aliphatic heterocycles. The van der Waals surface area contributed by atoms with Gasteiger partial charge in [0.25, 0.3) is 0 Å². The molecular formula is C22H26ClN5O3S. The summed E-state index contributed by atoms with van der Waals surface area (Å²) in [5.74, 6) is 2.33. The van der Waals surface area contributed by atoms with Gasteiger partial charge in [-0.3, -0.25) is 4.57 Å². The van der Waals surface area contributed by atoms with Crippen LogP contribution in [0.15, 0.2) is 30.5 Å². The molecule has 8 nitrogen and oxygen atoms in total. The number of nitrogens with zero attached hydrogens (tertiary/aromatic N) is 4. The van der Waals surface area contributed by atoms with Crippen molar-refractivity contribution in [2.75, 3.05) is 6.61 Å². The van der Waals surface area contributed by atoms with Crippen LogP contribution in [-0.4, -0.2) is 44.1 Å². The molecule has 32 heavy (non-hydrogen) atoms.